The molecule has 2 N–H and O–H groups in total. The third kappa shape index (κ3) is 4.89. The number of rotatable bonds is 5. The Morgan fingerprint density at radius 1 is 1.50 bits per heavy atom. The van der Waals surface area contributed by atoms with Gasteiger partial charge in [0.1, 0.15) is 5.25 Å². The van der Waals surface area contributed by atoms with Crippen LogP contribution in [0.5, 0.6) is 0 Å². The fraction of sp³-hybridized carbons (Fsp3) is 0.231. The maximum absolute atomic E-state index is 11.5. The minimum Gasteiger partial charge on any atom is -0.481 e. The second-order valence-electron chi connectivity index (χ2n) is 4.81. The molecule has 24 heavy (non-hydrogen) atoms. The van der Waals surface area contributed by atoms with Gasteiger partial charge < -0.3 is 10.4 Å². The van der Waals surface area contributed by atoms with Crippen LogP contribution in [0.2, 0.25) is 0 Å². The van der Waals surface area contributed by atoms with Crippen molar-refractivity contribution in [3.8, 4) is 0 Å². The van der Waals surface area contributed by atoms with E-state index in [-0.39, 0.29) is 16.5 Å². The van der Waals surface area contributed by atoms with E-state index >= 15 is 0 Å². The highest BCUT2D eigenvalue weighted by molar-refractivity contribution is 9.10. The number of amides is 1. The van der Waals surface area contributed by atoms with Gasteiger partial charge in [0, 0.05) is 10.7 Å². The lowest BCUT2D eigenvalue weighted by Gasteiger charge is -2.02. The number of carbonyl (C=O) groups is 2. The van der Waals surface area contributed by atoms with Crippen molar-refractivity contribution in [1.29, 1.82) is 0 Å². The molecular formula is C13H12BrN3O5S2. The van der Waals surface area contributed by atoms with E-state index in [2.05, 4.69) is 31.4 Å². The number of carboxylic acids is 1. The monoisotopic (exact) mass is 433 g/mol. The van der Waals surface area contributed by atoms with E-state index < -0.39 is 27.0 Å². The molecule has 1 atom stereocenters. The summed E-state index contributed by atoms with van der Waals surface area (Å²) in [6, 6.07) is 4.59. The van der Waals surface area contributed by atoms with Crippen molar-refractivity contribution >= 4 is 60.8 Å². The van der Waals surface area contributed by atoms with Crippen LogP contribution in [0, 0.1) is 0 Å². The number of amidine groups is 1. The van der Waals surface area contributed by atoms with Crippen molar-refractivity contribution in [1.82, 2.24) is 5.32 Å². The Bertz CT molecular complexity index is 851. The molecule has 1 unspecified atom stereocenters. The van der Waals surface area contributed by atoms with Crippen LogP contribution in [-0.4, -0.2) is 48.3 Å². The molecule has 1 saturated heterocycles. The predicted octanol–water partition coefficient (Wildman–Crippen LogP) is 1.25. The number of hydrogen-bond acceptors (Lipinski definition) is 7. The maximum atomic E-state index is 11.5. The highest BCUT2D eigenvalue weighted by Crippen LogP contribution is 2.23. The lowest BCUT2D eigenvalue weighted by Crippen LogP contribution is -2.26. The molecule has 0 spiro atoms. The minimum atomic E-state index is -3.32. The van der Waals surface area contributed by atoms with Gasteiger partial charge in [-0.25, -0.2) is 8.42 Å². The average molecular weight is 434 g/mol. The molecule has 11 heteroatoms. The van der Waals surface area contributed by atoms with E-state index in [1.165, 1.54) is 12.3 Å². The molecular weight excluding hydrogens is 422 g/mol. The zero-order valence-corrected chi connectivity index (χ0v) is 15.5. The molecule has 1 aromatic rings. The Labute approximate surface area is 150 Å². The van der Waals surface area contributed by atoms with Gasteiger partial charge in [-0.1, -0.05) is 17.8 Å². The smallest absolute Gasteiger partial charge is 0.305 e. The summed E-state index contributed by atoms with van der Waals surface area (Å²) in [6.45, 7) is 0. The van der Waals surface area contributed by atoms with Crippen LogP contribution in [0.25, 0.3) is 0 Å². The highest BCUT2D eigenvalue weighted by atomic mass is 79.9. The molecule has 2 rings (SSSR count). The number of thioether (sulfide) groups is 1. The largest absolute Gasteiger partial charge is 0.481 e. The molecule has 1 amide bonds. The SMILES string of the molecule is CS(=O)(=O)c1ccc(C=NN=C2NC(=O)C(CC(=O)O)S2)cc1Br. The molecule has 128 valence electrons. The van der Waals surface area contributed by atoms with Gasteiger partial charge in [0.2, 0.25) is 5.91 Å². The van der Waals surface area contributed by atoms with Crippen LogP contribution in [-0.2, 0) is 19.4 Å². The number of sulfone groups is 1. The van der Waals surface area contributed by atoms with E-state index in [9.17, 15) is 18.0 Å². The average Bonchev–Trinajstić information content (AvgIpc) is 2.77. The minimum absolute atomic E-state index is 0.168. The third-order valence-corrected chi connectivity index (χ3v) is 5.99. The van der Waals surface area contributed by atoms with Crippen molar-refractivity contribution in [2.24, 2.45) is 10.2 Å². The number of carboxylic acid groups (broad SMARTS) is 1. The molecule has 1 aliphatic heterocycles. The Hall–Kier alpha value is -1.72. The van der Waals surface area contributed by atoms with Gasteiger partial charge in [-0.3, -0.25) is 9.59 Å². The topological polar surface area (TPSA) is 125 Å². The fourth-order valence-corrected chi connectivity index (χ4v) is 4.71. The van der Waals surface area contributed by atoms with Gasteiger partial charge in [0.15, 0.2) is 15.0 Å². The molecule has 8 nitrogen and oxygen atoms in total. The van der Waals surface area contributed by atoms with Crippen LogP contribution in [0.4, 0.5) is 0 Å². The molecule has 1 aliphatic rings. The van der Waals surface area contributed by atoms with Crippen LogP contribution in [0.1, 0.15) is 12.0 Å². The Kier molecular flexibility index (Phi) is 5.78. The van der Waals surface area contributed by atoms with E-state index in [1.807, 2.05) is 0 Å². The summed E-state index contributed by atoms with van der Waals surface area (Å²) in [5.74, 6) is -1.49. The zero-order valence-electron chi connectivity index (χ0n) is 12.3. The first-order valence-electron chi connectivity index (χ1n) is 6.47. The van der Waals surface area contributed by atoms with Crippen LogP contribution < -0.4 is 5.32 Å². The number of benzene rings is 1. The molecule has 0 aromatic heterocycles. The number of nitrogens with one attached hydrogen (secondary N) is 1. The quantitative estimate of drug-likeness (QED) is 0.531. The summed E-state index contributed by atoms with van der Waals surface area (Å²) in [4.78, 5) is 22.3. The number of carbonyl (C=O) groups excluding carboxylic acids is 1. The molecule has 0 bridgehead atoms. The fourth-order valence-electron chi connectivity index (χ4n) is 1.79. The summed E-state index contributed by atoms with van der Waals surface area (Å²) >= 11 is 4.18. The molecule has 0 radical (unpaired) electrons. The van der Waals surface area contributed by atoms with Gasteiger partial charge in [-0.05, 0) is 33.6 Å². The van der Waals surface area contributed by atoms with Gasteiger partial charge in [0.05, 0.1) is 17.5 Å². The van der Waals surface area contributed by atoms with Gasteiger partial charge >= 0.3 is 5.97 Å². The molecule has 1 aromatic carbocycles. The highest BCUT2D eigenvalue weighted by Gasteiger charge is 2.32. The Balaban J connectivity index is 2.08. The summed E-state index contributed by atoms with van der Waals surface area (Å²) < 4.78 is 23.5. The lowest BCUT2D eigenvalue weighted by molar-refractivity contribution is -0.138. The van der Waals surface area contributed by atoms with Gasteiger partial charge in [0.25, 0.3) is 0 Å². The van der Waals surface area contributed by atoms with E-state index in [0.717, 1.165) is 18.0 Å². The van der Waals surface area contributed by atoms with Crippen molar-refractivity contribution in [3.05, 3.63) is 28.2 Å². The van der Waals surface area contributed by atoms with Crippen molar-refractivity contribution < 1.29 is 23.1 Å². The molecule has 0 aliphatic carbocycles. The van der Waals surface area contributed by atoms with Crippen LogP contribution in [0.3, 0.4) is 0 Å². The normalized spacial score (nSPS) is 19.8. The molecule has 0 saturated carbocycles. The second kappa shape index (κ2) is 7.45. The summed E-state index contributed by atoms with van der Waals surface area (Å²) in [7, 11) is -3.32. The number of nitrogens with zero attached hydrogens (tertiary/aromatic N) is 2. The van der Waals surface area contributed by atoms with Crippen molar-refractivity contribution in [3.63, 3.8) is 0 Å². The lowest BCUT2D eigenvalue weighted by atomic mass is 10.2. The molecule has 1 heterocycles. The van der Waals surface area contributed by atoms with Crippen molar-refractivity contribution in [2.45, 2.75) is 16.6 Å². The first-order valence-corrected chi connectivity index (χ1v) is 10.0. The zero-order chi connectivity index (χ0) is 17.9. The summed E-state index contributed by atoms with van der Waals surface area (Å²) in [5.41, 5.74) is 0.607. The number of halogens is 1. The second-order valence-corrected chi connectivity index (χ2v) is 8.84. The summed E-state index contributed by atoms with van der Waals surface area (Å²) in [5, 5.41) is 18.3. The predicted molar refractivity (Wildman–Crippen MR) is 94.1 cm³/mol. The first-order chi connectivity index (χ1) is 11.2. The van der Waals surface area contributed by atoms with Crippen LogP contribution in [0.15, 0.2) is 37.8 Å². The van der Waals surface area contributed by atoms with Crippen LogP contribution >= 0.6 is 27.7 Å². The number of hydrogen-bond donors (Lipinski definition) is 2. The third-order valence-electron chi connectivity index (χ3n) is 2.85. The van der Waals surface area contributed by atoms with Gasteiger partial charge in [-0.15, -0.1) is 5.10 Å². The Morgan fingerprint density at radius 3 is 2.79 bits per heavy atom. The van der Waals surface area contributed by atoms with E-state index in [0.29, 0.717) is 10.0 Å². The van der Waals surface area contributed by atoms with E-state index in [1.54, 1.807) is 12.1 Å². The first kappa shape index (κ1) is 18.6. The molecule has 1 fully saturated rings. The number of aliphatic carboxylic acids is 1. The van der Waals surface area contributed by atoms with Crippen molar-refractivity contribution in [2.75, 3.05) is 6.26 Å². The van der Waals surface area contributed by atoms with Gasteiger partial charge in [-0.2, -0.15) is 5.10 Å². The summed E-state index contributed by atoms with van der Waals surface area (Å²) in [6.07, 6.45) is 2.21. The Morgan fingerprint density at radius 2 is 2.21 bits per heavy atom. The maximum Gasteiger partial charge on any atom is 0.305 e. The standard InChI is InChI=1S/C13H12BrN3O5S2/c1-24(21,22)10-3-2-7(4-8(10)14)6-15-17-13-16-12(20)9(23-13)5-11(18)19/h2-4,6,9H,5H2,1H3,(H,18,19)(H,16,17,20). The van der Waals surface area contributed by atoms with E-state index in [4.69, 9.17) is 5.11 Å².